The zero-order chi connectivity index (χ0) is 25.9. The van der Waals surface area contributed by atoms with Crippen LogP contribution < -0.4 is 5.32 Å². The number of hydrogen-bond donors (Lipinski definition) is 1. The van der Waals surface area contributed by atoms with Crippen LogP contribution in [-0.4, -0.2) is 28.8 Å². The van der Waals surface area contributed by atoms with Gasteiger partial charge >= 0.3 is 0 Å². The number of benzene rings is 3. The van der Waals surface area contributed by atoms with E-state index in [1.54, 1.807) is 4.90 Å². The lowest BCUT2D eigenvalue weighted by molar-refractivity contribution is -0.141. The Balaban J connectivity index is 1.90. The number of nitrogens with zero attached hydrogens (tertiary/aromatic N) is 1. The van der Waals surface area contributed by atoms with E-state index in [4.69, 9.17) is 0 Å². The number of aryl methyl sites for hydroxylation is 3. The molecule has 0 fully saturated rings. The molecule has 0 aliphatic heterocycles. The molecule has 36 heavy (non-hydrogen) atoms. The van der Waals surface area contributed by atoms with Crippen molar-refractivity contribution >= 4 is 11.8 Å². The number of rotatable bonds is 12. The summed E-state index contributed by atoms with van der Waals surface area (Å²) in [6, 6.07) is 26.0. The zero-order valence-electron chi connectivity index (χ0n) is 22.2. The SMILES string of the molecule is CCc1ccc(CCC(=O)N(Cc2ccccc2C)[C@@H](Cc2ccccc2)C(=O)N[C@H](C)CC)cc1. The first kappa shape index (κ1) is 27.2. The molecule has 1 N–H and O–H groups in total. The van der Waals surface area contributed by atoms with Gasteiger partial charge in [-0.15, -0.1) is 0 Å². The van der Waals surface area contributed by atoms with Crippen molar-refractivity contribution in [2.75, 3.05) is 0 Å². The third-order valence-corrected chi connectivity index (χ3v) is 6.93. The van der Waals surface area contributed by atoms with Crippen LogP contribution in [0.25, 0.3) is 0 Å². The van der Waals surface area contributed by atoms with Crippen LogP contribution >= 0.6 is 0 Å². The monoisotopic (exact) mass is 484 g/mol. The lowest BCUT2D eigenvalue weighted by Gasteiger charge is -2.33. The topological polar surface area (TPSA) is 49.4 Å². The molecule has 0 aromatic heterocycles. The summed E-state index contributed by atoms with van der Waals surface area (Å²) in [7, 11) is 0. The van der Waals surface area contributed by atoms with E-state index in [-0.39, 0.29) is 17.9 Å². The Morgan fingerprint density at radius 3 is 2.11 bits per heavy atom. The number of carbonyl (C=O) groups is 2. The van der Waals surface area contributed by atoms with Crippen molar-refractivity contribution in [3.05, 3.63) is 107 Å². The minimum atomic E-state index is -0.587. The number of nitrogens with one attached hydrogen (secondary N) is 1. The maximum atomic E-state index is 13.8. The molecule has 0 saturated heterocycles. The van der Waals surface area contributed by atoms with E-state index in [9.17, 15) is 9.59 Å². The fourth-order valence-corrected chi connectivity index (χ4v) is 4.30. The third kappa shape index (κ3) is 7.81. The molecule has 3 aromatic rings. The quantitative estimate of drug-likeness (QED) is 0.340. The Kier molecular flexibility index (Phi) is 10.3. The van der Waals surface area contributed by atoms with Gasteiger partial charge in [0, 0.05) is 25.4 Å². The Bertz CT molecular complexity index is 1110. The van der Waals surface area contributed by atoms with Crippen molar-refractivity contribution in [3.63, 3.8) is 0 Å². The van der Waals surface area contributed by atoms with Gasteiger partial charge in [0.1, 0.15) is 6.04 Å². The molecule has 0 aliphatic carbocycles. The Labute approximate surface area is 216 Å². The molecule has 2 atom stereocenters. The summed E-state index contributed by atoms with van der Waals surface area (Å²) in [5.74, 6) is -0.0968. The second-order valence-corrected chi connectivity index (χ2v) is 9.64. The van der Waals surface area contributed by atoms with Crippen molar-refractivity contribution < 1.29 is 9.59 Å². The molecule has 0 aliphatic rings. The highest BCUT2D eigenvalue weighted by molar-refractivity contribution is 5.88. The van der Waals surface area contributed by atoms with Crippen molar-refractivity contribution in [1.29, 1.82) is 0 Å². The van der Waals surface area contributed by atoms with E-state index < -0.39 is 6.04 Å². The average Bonchev–Trinajstić information content (AvgIpc) is 2.91. The second-order valence-electron chi connectivity index (χ2n) is 9.64. The molecule has 0 bridgehead atoms. The lowest BCUT2D eigenvalue weighted by Crippen LogP contribution is -2.52. The van der Waals surface area contributed by atoms with Crippen molar-refractivity contribution in [2.24, 2.45) is 0 Å². The lowest BCUT2D eigenvalue weighted by atomic mass is 10.00. The first-order valence-corrected chi connectivity index (χ1v) is 13.2. The molecule has 4 nitrogen and oxygen atoms in total. The summed E-state index contributed by atoms with van der Waals surface area (Å²) < 4.78 is 0. The molecule has 0 unspecified atom stereocenters. The first-order valence-electron chi connectivity index (χ1n) is 13.2. The van der Waals surface area contributed by atoms with Gasteiger partial charge in [-0.25, -0.2) is 0 Å². The molecule has 4 heteroatoms. The van der Waals surface area contributed by atoms with Gasteiger partial charge < -0.3 is 10.2 Å². The molecule has 0 spiro atoms. The summed E-state index contributed by atoms with van der Waals surface area (Å²) in [6.45, 7) is 8.66. The molecule has 3 aromatic carbocycles. The largest absolute Gasteiger partial charge is 0.352 e. The van der Waals surface area contributed by atoms with E-state index in [1.165, 1.54) is 5.56 Å². The van der Waals surface area contributed by atoms with Crippen molar-refractivity contribution in [2.45, 2.75) is 78.4 Å². The highest BCUT2D eigenvalue weighted by Crippen LogP contribution is 2.19. The summed E-state index contributed by atoms with van der Waals surface area (Å²) in [4.78, 5) is 29.2. The molecule has 2 amide bonds. The van der Waals surface area contributed by atoms with Crippen molar-refractivity contribution in [3.8, 4) is 0 Å². The summed E-state index contributed by atoms with van der Waals surface area (Å²) in [5, 5.41) is 3.14. The van der Waals surface area contributed by atoms with Crippen LogP contribution in [0.3, 0.4) is 0 Å². The Morgan fingerprint density at radius 1 is 0.833 bits per heavy atom. The van der Waals surface area contributed by atoms with Crippen LogP contribution in [0.15, 0.2) is 78.9 Å². The van der Waals surface area contributed by atoms with Gasteiger partial charge in [0.25, 0.3) is 0 Å². The summed E-state index contributed by atoms with van der Waals surface area (Å²) >= 11 is 0. The number of carbonyl (C=O) groups excluding carboxylic acids is 2. The molecule has 0 radical (unpaired) electrons. The number of hydrogen-bond acceptors (Lipinski definition) is 2. The number of amides is 2. The molecule has 0 heterocycles. The summed E-state index contributed by atoms with van der Waals surface area (Å²) in [6.07, 6.45) is 3.32. The van der Waals surface area contributed by atoms with Gasteiger partial charge in [0.2, 0.25) is 11.8 Å². The fourth-order valence-electron chi connectivity index (χ4n) is 4.30. The van der Waals surface area contributed by atoms with Crippen LogP contribution in [0.4, 0.5) is 0 Å². The predicted molar refractivity (Wildman–Crippen MR) is 148 cm³/mol. The second kappa shape index (κ2) is 13.6. The minimum absolute atomic E-state index is 0.00180. The maximum absolute atomic E-state index is 13.8. The maximum Gasteiger partial charge on any atom is 0.243 e. The highest BCUT2D eigenvalue weighted by atomic mass is 16.2. The van der Waals surface area contributed by atoms with Crippen LogP contribution in [0.1, 0.15) is 61.4 Å². The first-order chi connectivity index (χ1) is 17.4. The highest BCUT2D eigenvalue weighted by Gasteiger charge is 2.31. The third-order valence-electron chi connectivity index (χ3n) is 6.93. The van der Waals surface area contributed by atoms with Gasteiger partial charge in [-0.2, -0.15) is 0 Å². The fraction of sp³-hybridized carbons (Fsp3) is 0.375. The van der Waals surface area contributed by atoms with Gasteiger partial charge in [0.05, 0.1) is 0 Å². The molecule has 0 saturated carbocycles. The van der Waals surface area contributed by atoms with Crippen LogP contribution in [0, 0.1) is 6.92 Å². The van der Waals surface area contributed by atoms with Crippen LogP contribution in [-0.2, 0) is 35.4 Å². The van der Waals surface area contributed by atoms with Gasteiger partial charge in [-0.05, 0) is 60.9 Å². The zero-order valence-corrected chi connectivity index (χ0v) is 22.2. The van der Waals surface area contributed by atoms with E-state index >= 15 is 0 Å². The molecular formula is C32H40N2O2. The van der Waals surface area contributed by atoms with E-state index in [0.29, 0.717) is 25.8 Å². The predicted octanol–water partition coefficient (Wildman–Crippen LogP) is 6.04. The van der Waals surface area contributed by atoms with Crippen LogP contribution in [0.2, 0.25) is 0 Å². The Morgan fingerprint density at radius 2 is 1.47 bits per heavy atom. The smallest absolute Gasteiger partial charge is 0.243 e. The Hall–Kier alpha value is -3.40. The van der Waals surface area contributed by atoms with E-state index in [2.05, 4.69) is 56.4 Å². The van der Waals surface area contributed by atoms with Crippen LogP contribution in [0.5, 0.6) is 0 Å². The average molecular weight is 485 g/mol. The van der Waals surface area contributed by atoms with E-state index in [1.807, 2.05) is 55.5 Å². The molecule has 3 rings (SSSR count). The molecular weight excluding hydrogens is 444 g/mol. The van der Waals surface area contributed by atoms with Crippen molar-refractivity contribution in [1.82, 2.24) is 10.2 Å². The van der Waals surface area contributed by atoms with Gasteiger partial charge in [0.15, 0.2) is 0 Å². The van der Waals surface area contributed by atoms with Gasteiger partial charge in [-0.1, -0.05) is 92.7 Å². The summed E-state index contributed by atoms with van der Waals surface area (Å²) in [5.41, 5.74) is 5.65. The minimum Gasteiger partial charge on any atom is -0.352 e. The molecule has 190 valence electrons. The normalized spacial score (nSPS) is 12.6. The van der Waals surface area contributed by atoms with Gasteiger partial charge in [-0.3, -0.25) is 9.59 Å². The van der Waals surface area contributed by atoms with E-state index in [0.717, 1.165) is 35.1 Å². The standard InChI is InChI=1S/C32H40N2O2/c1-5-25(4)33-32(36)30(22-28-13-8-7-9-14-28)34(23-29-15-11-10-12-24(29)3)31(35)21-20-27-18-16-26(6-2)17-19-27/h7-19,25,30H,5-6,20-23H2,1-4H3,(H,33,36)/t25-,30+/m1/s1.